The van der Waals surface area contributed by atoms with Crippen molar-refractivity contribution in [2.45, 2.75) is 6.92 Å². The molecule has 1 saturated heterocycles. The lowest BCUT2D eigenvalue weighted by Gasteiger charge is -2.25. The Hall–Kier alpha value is -3.48. The largest absolute Gasteiger partial charge is 0.379 e. The summed E-state index contributed by atoms with van der Waals surface area (Å²) in [6.45, 7) is 4.22. The molecule has 0 bridgehead atoms. The van der Waals surface area contributed by atoms with Crippen molar-refractivity contribution in [1.82, 2.24) is 4.90 Å². The molecule has 4 N–H and O–H groups in total. The first-order valence-corrected chi connectivity index (χ1v) is 12.4. The highest BCUT2D eigenvalue weighted by Crippen LogP contribution is 2.24. The van der Waals surface area contributed by atoms with Crippen LogP contribution in [0.4, 0.5) is 22.7 Å². The van der Waals surface area contributed by atoms with Crippen LogP contribution in [0.1, 0.15) is 17.3 Å². The highest BCUT2D eigenvalue weighted by Gasteiger charge is 2.17. The lowest BCUT2D eigenvalue weighted by Crippen LogP contribution is -2.41. The second-order valence-electron chi connectivity index (χ2n) is 7.78. The maximum absolute atomic E-state index is 12.9. The molecule has 1 fully saturated rings. The summed E-state index contributed by atoms with van der Waals surface area (Å²) in [7, 11) is -3.64. The summed E-state index contributed by atoms with van der Waals surface area (Å²) in [5, 5.41) is 8.06. The van der Waals surface area contributed by atoms with Gasteiger partial charge in [0.25, 0.3) is 5.91 Å². The maximum Gasteiger partial charge on any atom is 0.257 e. The van der Waals surface area contributed by atoms with E-state index in [1.807, 2.05) is 4.90 Å². The summed E-state index contributed by atoms with van der Waals surface area (Å²) in [5.74, 6) is -1.06. The smallest absolute Gasteiger partial charge is 0.257 e. The van der Waals surface area contributed by atoms with Crippen LogP contribution in [0.2, 0.25) is 0 Å². The van der Waals surface area contributed by atoms with Gasteiger partial charge in [-0.3, -0.25) is 24.0 Å². The van der Waals surface area contributed by atoms with Gasteiger partial charge >= 0.3 is 0 Å². The molecule has 182 valence electrons. The molecule has 2 aromatic carbocycles. The van der Waals surface area contributed by atoms with Crippen LogP contribution >= 0.6 is 0 Å². The van der Waals surface area contributed by atoms with Gasteiger partial charge in [0.1, 0.15) is 0 Å². The van der Waals surface area contributed by atoms with E-state index in [0.717, 1.165) is 6.26 Å². The highest BCUT2D eigenvalue weighted by molar-refractivity contribution is 7.92. The van der Waals surface area contributed by atoms with E-state index in [9.17, 15) is 22.8 Å². The first-order valence-electron chi connectivity index (χ1n) is 10.5. The molecular weight excluding hydrogens is 462 g/mol. The van der Waals surface area contributed by atoms with Crippen molar-refractivity contribution >= 4 is 50.5 Å². The molecule has 12 heteroatoms. The summed E-state index contributed by atoms with van der Waals surface area (Å²) in [5.41, 5.74) is 1.45. The highest BCUT2D eigenvalue weighted by atomic mass is 32.2. The summed E-state index contributed by atoms with van der Waals surface area (Å²) in [4.78, 5) is 38.5. The van der Waals surface area contributed by atoms with Crippen molar-refractivity contribution < 1.29 is 27.5 Å². The Labute approximate surface area is 197 Å². The summed E-state index contributed by atoms with van der Waals surface area (Å²) >= 11 is 0. The number of benzene rings is 2. The normalized spacial score (nSPS) is 14.2. The Balaban J connectivity index is 1.68. The second kappa shape index (κ2) is 11.1. The van der Waals surface area contributed by atoms with Crippen LogP contribution in [0.25, 0.3) is 0 Å². The van der Waals surface area contributed by atoms with Crippen molar-refractivity contribution in [3.63, 3.8) is 0 Å². The van der Waals surface area contributed by atoms with Crippen LogP contribution < -0.4 is 20.7 Å². The van der Waals surface area contributed by atoms with E-state index in [1.165, 1.54) is 25.1 Å². The molecule has 0 aliphatic carbocycles. The summed E-state index contributed by atoms with van der Waals surface area (Å²) in [6, 6.07) is 10.8. The third-order valence-corrected chi connectivity index (χ3v) is 5.37. The van der Waals surface area contributed by atoms with E-state index >= 15 is 0 Å². The average molecular weight is 490 g/mol. The number of amides is 3. The summed E-state index contributed by atoms with van der Waals surface area (Å²) < 4.78 is 31.0. The molecule has 0 saturated carbocycles. The van der Waals surface area contributed by atoms with E-state index in [4.69, 9.17) is 4.74 Å². The van der Waals surface area contributed by atoms with Crippen molar-refractivity contribution in [1.29, 1.82) is 0 Å². The maximum atomic E-state index is 12.9. The first-order chi connectivity index (χ1) is 16.1. The Morgan fingerprint density at radius 1 is 0.912 bits per heavy atom. The minimum atomic E-state index is -3.64. The number of anilines is 4. The molecule has 11 nitrogen and oxygen atoms in total. The number of nitrogens with one attached hydrogen (secondary N) is 4. The molecule has 3 amide bonds. The van der Waals surface area contributed by atoms with Gasteiger partial charge in [-0.2, -0.15) is 0 Å². The van der Waals surface area contributed by atoms with Gasteiger partial charge in [0.15, 0.2) is 0 Å². The fourth-order valence-corrected chi connectivity index (χ4v) is 3.88. The molecule has 2 aromatic rings. The van der Waals surface area contributed by atoms with E-state index in [-0.39, 0.29) is 29.6 Å². The first kappa shape index (κ1) is 25.1. The number of carbonyl (C=O) groups is 3. The topological polar surface area (TPSA) is 146 Å². The molecular formula is C22H27N5O6S. The lowest BCUT2D eigenvalue weighted by molar-refractivity contribution is -0.118. The van der Waals surface area contributed by atoms with Crippen molar-refractivity contribution in [3.05, 3.63) is 48.0 Å². The predicted octanol–water partition coefficient (Wildman–Crippen LogP) is 1.54. The van der Waals surface area contributed by atoms with Gasteiger partial charge in [-0.15, -0.1) is 0 Å². The number of nitrogens with zero attached hydrogens (tertiary/aromatic N) is 1. The van der Waals surface area contributed by atoms with Gasteiger partial charge in [-0.1, -0.05) is 0 Å². The van der Waals surface area contributed by atoms with Crippen LogP contribution in [0.3, 0.4) is 0 Å². The molecule has 1 aliphatic rings. The number of sulfonamides is 1. The number of carbonyl (C=O) groups excluding carboxylic acids is 3. The second-order valence-corrected chi connectivity index (χ2v) is 9.53. The SMILES string of the molecule is CC(=O)Nc1ccc(NS(C)(=O)=O)c(C(=O)Nc2ccc(NC(=O)CN3CCOCC3)cc2)c1. The quantitative estimate of drug-likeness (QED) is 0.440. The third-order valence-electron chi connectivity index (χ3n) is 4.78. The fourth-order valence-electron chi connectivity index (χ4n) is 3.30. The molecule has 3 rings (SSSR count). The van der Waals surface area contributed by atoms with Crippen LogP contribution in [-0.4, -0.2) is 70.1 Å². The Kier molecular flexibility index (Phi) is 8.21. The van der Waals surface area contributed by atoms with Crippen LogP contribution in [0.15, 0.2) is 42.5 Å². The predicted molar refractivity (Wildman–Crippen MR) is 129 cm³/mol. The van der Waals surface area contributed by atoms with Crippen molar-refractivity contribution in [2.75, 3.05) is 59.8 Å². The van der Waals surface area contributed by atoms with Gasteiger partial charge in [0.2, 0.25) is 21.8 Å². The van der Waals surface area contributed by atoms with Crippen LogP contribution in [0, 0.1) is 0 Å². The minimum Gasteiger partial charge on any atom is -0.379 e. The number of hydrogen-bond donors (Lipinski definition) is 4. The molecule has 0 aromatic heterocycles. The molecule has 1 heterocycles. The van der Waals surface area contributed by atoms with Gasteiger partial charge in [-0.25, -0.2) is 8.42 Å². The Morgan fingerprint density at radius 2 is 1.50 bits per heavy atom. The minimum absolute atomic E-state index is 0.0274. The fraction of sp³-hybridized carbons (Fsp3) is 0.318. The van der Waals surface area contributed by atoms with Crippen LogP contribution in [-0.2, 0) is 24.3 Å². The van der Waals surface area contributed by atoms with E-state index < -0.39 is 15.9 Å². The van der Waals surface area contributed by atoms with Crippen molar-refractivity contribution in [2.24, 2.45) is 0 Å². The third kappa shape index (κ3) is 7.83. The number of ether oxygens (including phenoxy) is 1. The number of hydrogen-bond acceptors (Lipinski definition) is 7. The van der Waals surface area contributed by atoms with Gasteiger partial charge < -0.3 is 20.7 Å². The molecule has 0 atom stereocenters. The van der Waals surface area contributed by atoms with Gasteiger partial charge in [0, 0.05) is 37.1 Å². The Morgan fingerprint density at radius 3 is 2.09 bits per heavy atom. The van der Waals surface area contributed by atoms with Crippen LogP contribution in [0.5, 0.6) is 0 Å². The van der Waals surface area contributed by atoms with Crippen molar-refractivity contribution in [3.8, 4) is 0 Å². The lowest BCUT2D eigenvalue weighted by atomic mass is 10.1. The molecule has 0 spiro atoms. The monoisotopic (exact) mass is 489 g/mol. The number of rotatable bonds is 8. The zero-order chi connectivity index (χ0) is 24.7. The van der Waals surface area contributed by atoms with E-state index in [2.05, 4.69) is 20.7 Å². The zero-order valence-electron chi connectivity index (χ0n) is 18.9. The Bertz CT molecular complexity index is 1160. The zero-order valence-corrected chi connectivity index (χ0v) is 19.7. The standard InChI is InChI=1S/C22H27N5O6S/c1-15(28)23-18-7-8-20(26-34(2,31)32)19(13-18)22(30)25-17-5-3-16(4-6-17)24-21(29)14-27-9-11-33-12-10-27/h3-8,13,26H,9-12,14H2,1-2H3,(H,23,28)(H,24,29)(H,25,30). The molecule has 34 heavy (non-hydrogen) atoms. The van der Waals surface area contributed by atoms with E-state index in [1.54, 1.807) is 24.3 Å². The molecule has 0 radical (unpaired) electrons. The molecule has 0 unspecified atom stereocenters. The van der Waals surface area contributed by atoms with Gasteiger partial charge in [0.05, 0.1) is 37.3 Å². The van der Waals surface area contributed by atoms with E-state index in [0.29, 0.717) is 43.4 Å². The summed E-state index contributed by atoms with van der Waals surface area (Å²) in [6.07, 6.45) is 0.975. The average Bonchev–Trinajstić information content (AvgIpc) is 2.75. The van der Waals surface area contributed by atoms with Gasteiger partial charge in [-0.05, 0) is 42.5 Å². The molecule has 1 aliphatic heterocycles. The number of morpholine rings is 1.